The molecule has 0 saturated carbocycles. The minimum Gasteiger partial charge on any atom is -0.456 e. The maximum Gasteiger partial charge on any atom is 0.289 e. The fourth-order valence-corrected chi connectivity index (χ4v) is 3.81. The van der Waals surface area contributed by atoms with Crippen LogP contribution < -0.4 is 0 Å². The first-order valence-electron chi connectivity index (χ1n) is 8.17. The summed E-state index contributed by atoms with van der Waals surface area (Å²) in [6.07, 6.45) is 1.85. The molecule has 120 valence electrons. The fraction of sp³-hybridized carbons (Fsp3) is 0.444. The number of carbonyl (C=O) groups excluding carboxylic acids is 1. The van der Waals surface area contributed by atoms with Crippen LogP contribution in [0.4, 0.5) is 0 Å². The number of fused-ring (bicyclic) bond motifs is 1. The largest absolute Gasteiger partial charge is 0.456 e. The third kappa shape index (κ3) is 2.88. The van der Waals surface area contributed by atoms with Gasteiger partial charge in [0.15, 0.2) is 5.76 Å². The van der Waals surface area contributed by atoms with Gasteiger partial charge in [-0.15, -0.1) is 0 Å². The molecule has 2 aromatic heterocycles. The summed E-state index contributed by atoms with van der Waals surface area (Å²) in [5.41, 5.74) is 1.12. The van der Waals surface area contributed by atoms with Crippen molar-refractivity contribution in [3.05, 3.63) is 53.7 Å². The van der Waals surface area contributed by atoms with Gasteiger partial charge in [-0.2, -0.15) is 0 Å². The van der Waals surface area contributed by atoms with Crippen molar-refractivity contribution in [2.24, 2.45) is 11.8 Å². The predicted molar refractivity (Wildman–Crippen MR) is 85.8 cm³/mol. The van der Waals surface area contributed by atoms with Gasteiger partial charge in [0.2, 0.25) is 0 Å². The molecule has 2 atom stereocenters. The van der Waals surface area contributed by atoms with Gasteiger partial charge < -0.3 is 9.32 Å². The van der Waals surface area contributed by atoms with Crippen LogP contribution in [0.25, 0.3) is 0 Å². The standard InChI is InChI=1S/C18H21N3O2/c1-13-5-6-17(23-13)18(22)21-10-14-8-20(9-15(14)11-21)12-16-4-2-3-7-19-16/h2-7,14-15H,8-12H2,1H3. The number of aromatic nitrogens is 1. The van der Waals surface area contributed by atoms with Crippen molar-refractivity contribution in [3.63, 3.8) is 0 Å². The Morgan fingerprint density at radius 1 is 1.17 bits per heavy atom. The van der Waals surface area contributed by atoms with E-state index in [9.17, 15) is 4.79 Å². The highest BCUT2D eigenvalue weighted by atomic mass is 16.3. The van der Waals surface area contributed by atoms with Gasteiger partial charge in [-0.25, -0.2) is 0 Å². The van der Waals surface area contributed by atoms with Crippen molar-refractivity contribution in [1.29, 1.82) is 0 Å². The molecule has 0 aromatic carbocycles. The van der Waals surface area contributed by atoms with Gasteiger partial charge in [0.05, 0.1) is 5.69 Å². The van der Waals surface area contributed by atoms with Gasteiger partial charge in [0.1, 0.15) is 5.76 Å². The minimum absolute atomic E-state index is 0.0313. The molecule has 5 nitrogen and oxygen atoms in total. The van der Waals surface area contributed by atoms with Crippen LogP contribution in [0.1, 0.15) is 22.0 Å². The highest BCUT2D eigenvalue weighted by Crippen LogP contribution is 2.32. The maximum absolute atomic E-state index is 12.5. The number of furan rings is 1. The second-order valence-electron chi connectivity index (χ2n) is 6.66. The van der Waals surface area contributed by atoms with E-state index in [1.807, 2.05) is 36.2 Å². The average molecular weight is 311 g/mol. The highest BCUT2D eigenvalue weighted by molar-refractivity contribution is 5.91. The Labute approximate surface area is 135 Å². The van der Waals surface area contributed by atoms with Gasteiger partial charge >= 0.3 is 0 Å². The van der Waals surface area contributed by atoms with Gasteiger partial charge in [-0.3, -0.25) is 14.7 Å². The van der Waals surface area contributed by atoms with E-state index < -0.39 is 0 Å². The lowest BCUT2D eigenvalue weighted by Gasteiger charge is -2.20. The Morgan fingerprint density at radius 3 is 2.57 bits per heavy atom. The Morgan fingerprint density at radius 2 is 1.96 bits per heavy atom. The third-order valence-electron chi connectivity index (χ3n) is 4.91. The summed E-state index contributed by atoms with van der Waals surface area (Å²) in [6.45, 7) is 6.53. The highest BCUT2D eigenvalue weighted by Gasteiger charge is 2.42. The van der Waals surface area contributed by atoms with Crippen molar-refractivity contribution in [2.75, 3.05) is 26.2 Å². The molecule has 23 heavy (non-hydrogen) atoms. The molecule has 2 saturated heterocycles. The predicted octanol–water partition coefficient (Wildman–Crippen LogP) is 2.19. The molecule has 2 aromatic rings. The third-order valence-corrected chi connectivity index (χ3v) is 4.91. The lowest BCUT2D eigenvalue weighted by atomic mass is 10.0. The average Bonchev–Trinajstić information content (AvgIpc) is 3.22. The van der Waals surface area contributed by atoms with Crippen LogP contribution in [0, 0.1) is 18.8 Å². The molecule has 2 fully saturated rings. The molecule has 2 aliphatic rings. The second-order valence-corrected chi connectivity index (χ2v) is 6.66. The van der Waals surface area contributed by atoms with E-state index in [-0.39, 0.29) is 5.91 Å². The molecule has 4 rings (SSSR count). The summed E-state index contributed by atoms with van der Waals surface area (Å²) in [5.74, 6) is 2.42. The number of nitrogens with zero attached hydrogens (tertiary/aromatic N) is 3. The molecule has 0 bridgehead atoms. The maximum atomic E-state index is 12.5. The number of likely N-dealkylation sites (tertiary alicyclic amines) is 2. The zero-order valence-corrected chi connectivity index (χ0v) is 13.3. The van der Waals surface area contributed by atoms with E-state index in [1.54, 1.807) is 6.07 Å². The van der Waals surface area contributed by atoms with Crippen molar-refractivity contribution >= 4 is 5.91 Å². The van der Waals surface area contributed by atoms with Gasteiger partial charge in [-0.05, 0) is 43.0 Å². The van der Waals surface area contributed by atoms with Crippen LogP contribution in [-0.2, 0) is 6.54 Å². The Bertz CT molecular complexity index is 683. The van der Waals surface area contributed by atoms with E-state index >= 15 is 0 Å². The van der Waals surface area contributed by atoms with Crippen LogP contribution in [-0.4, -0.2) is 46.9 Å². The number of rotatable bonds is 3. The lowest BCUT2D eigenvalue weighted by molar-refractivity contribution is 0.0740. The summed E-state index contributed by atoms with van der Waals surface area (Å²) in [7, 11) is 0. The van der Waals surface area contributed by atoms with Crippen molar-refractivity contribution in [2.45, 2.75) is 13.5 Å². The molecule has 0 spiro atoms. The zero-order chi connectivity index (χ0) is 15.8. The van der Waals surface area contributed by atoms with Gasteiger partial charge in [0.25, 0.3) is 5.91 Å². The quantitative estimate of drug-likeness (QED) is 0.872. The summed E-state index contributed by atoms with van der Waals surface area (Å²) >= 11 is 0. The molecule has 4 heterocycles. The molecular weight excluding hydrogens is 290 g/mol. The van der Waals surface area contributed by atoms with Crippen LogP contribution >= 0.6 is 0 Å². The van der Waals surface area contributed by atoms with E-state index in [0.717, 1.165) is 44.2 Å². The lowest BCUT2D eigenvalue weighted by Crippen LogP contribution is -2.33. The van der Waals surface area contributed by atoms with E-state index in [1.165, 1.54) is 0 Å². The van der Waals surface area contributed by atoms with Crippen LogP contribution in [0.5, 0.6) is 0 Å². The Hall–Kier alpha value is -2.14. The topological polar surface area (TPSA) is 49.6 Å². The number of hydrogen-bond acceptors (Lipinski definition) is 4. The monoisotopic (exact) mass is 311 g/mol. The molecule has 0 N–H and O–H groups in total. The smallest absolute Gasteiger partial charge is 0.289 e. The van der Waals surface area contributed by atoms with Crippen molar-refractivity contribution < 1.29 is 9.21 Å². The Kier molecular flexibility index (Phi) is 3.65. The number of carbonyl (C=O) groups is 1. The van der Waals surface area contributed by atoms with Crippen LogP contribution in [0.3, 0.4) is 0 Å². The normalized spacial score (nSPS) is 24.1. The number of aryl methyl sites for hydroxylation is 1. The molecule has 0 radical (unpaired) electrons. The van der Waals surface area contributed by atoms with Crippen LogP contribution in [0.2, 0.25) is 0 Å². The van der Waals surface area contributed by atoms with Gasteiger partial charge in [0, 0.05) is 38.9 Å². The van der Waals surface area contributed by atoms with E-state index in [4.69, 9.17) is 4.42 Å². The Balaban J connectivity index is 1.36. The summed E-state index contributed by atoms with van der Waals surface area (Å²) < 4.78 is 5.47. The summed E-state index contributed by atoms with van der Waals surface area (Å²) in [4.78, 5) is 21.3. The zero-order valence-electron chi connectivity index (χ0n) is 13.3. The first kappa shape index (κ1) is 14.5. The van der Waals surface area contributed by atoms with Gasteiger partial charge in [-0.1, -0.05) is 6.07 Å². The summed E-state index contributed by atoms with van der Waals surface area (Å²) in [6, 6.07) is 9.67. The molecular formula is C18H21N3O2. The second kappa shape index (κ2) is 5.81. The SMILES string of the molecule is Cc1ccc(C(=O)N2CC3CN(Cc4ccccn4)CC3C2)o1. The van der Waals surface area contributed by atoms with Crippen molar-refractivity contribution in [3.8, 4) is 0 Å². The van der Waals surface area contributed by atoms with E-state index in [2.05, 4.69) is 16.0 Å². The molecule has 2 aliphatic heterocycles. The number of pyridine rings is 1. The van der Waals surface area contributed by atoms with Crippen LogP contribution in [0.15, 0.2) is 40.9 Å². The molecule has 0 aliphatic carbocycles. The van der Waals surface area contributed by atoms with E-state index in [0.29, 0.717) is 17.6 Å². The minimum atomic E-state index is 0.0313. The van der Waals surface area contributed by atoms with Crippen molar-refractivity contribution in [1.82, 2.24) is 14.8 Å². The first-order valence-corrected chi connectivity index (χ1v) is 8.17. The fourth-order valence-electron chi connectivity index (χ4n) is 3.81. The number of amides is 1. The first-order chi connectivity index (χ1) is 11.2. The number of hydrogen-bond donors (Lipinski definition) is 0. The molecule has 1 amide bonds. The molecule has 5 heteroatoms. The molecule has 2 unspecified atom stereocenters. The summed E-state index contributed by atoms with van der Waals surface area (Å²) in [5, 5.41) is 0.